The molecule has 8 nitrogen and oxygen atoms in total. The highest BCUT2D eigenvalue weighted by Crippen LogP contribution is 2.30. The number of piperidine rings is 1. The van der Waals surface area contributed by atoms with E-state index in [9.17, 15) is 4.79 Å². The van der Waals surface area contributed by atoms with E-state index in [1.165, 1.54) is 12.8 Å². The summed E-state index contributed by atoms with van der Waals surface area (Å²) in [5, 5.41) is 3.06. The lowest BCUT2D eigenvalue weighted by atomic mass is 9.97. The lowest BCUT2D eigenvalue weighted by Crippen LogP contribution is -2.41. The molecular weight excluding hydrogens is 404 g/mol. The summed E-state index contributed by atoms with van der Waals surface area (Å²) in [6.07, 6.45) is 8.01. The molecule has 4 heterocycles. The lowest BCUT2D eigenvalue weighted by Gasteiger charge is -2.32. The number of carbonyl (C=O) groups is 1. The molecule has 0 radical (unpaired) electrons. The summed E-state index contributed by atoms with van der Waals surface area (Å²) in [6, 6.07) is 7.53. The fourth-order valence-corrected chi connectivity index (χ4v) is 4.79. The van der Waals surface area contributed by atoms with E-state index in [1.807, 2.05) is 31.2 Å². The molecule has 1 fully saturated rings. The molecule has 2 aliphatic rings. The van der Waals surface area contributed by atoms with Crippen molar-refractivity contribution in [2.75, 3.05) is 29.9 Å². The monoisotopic (exact) mass is 434 g/mol. The van der Waals surface area contributed by atoms with Crippen LogP contribution in [0.3, 0.4) is 0 Å². The zero-order chi connectivity index (χ0) is 21.9. The Balaban J connectivity index is 1.32. The number of nitrogens with one attached hydrogen (secondary N) is 1. The van der Waals surface area contributed by atoms with Crippen molar-refractivity contribution in [3.63, 3.8) is 0 Å². The fraction of sp³-hybridized carbons (Fsp3) is 0.500. The predicted octanol–water partition coefficient (Wildman–Crippen LogP) is 3.81. The van der Waals surface area contributed by atoms with Crippen molar-refractivity contribution < 1.29 is 9.53 Å². The molecule has 1 saturated heterocycles. The molecule has 2 aromatic heterocycles. The molecule has 0 saturated carbocycles. The summed E-state index contributed by atoms with van der Waals surface area (Å²) in [6.45, 7) is 5.06. The molecule has 168 valence electrons. The van der Waals surface area contributed by atoms with Crippen LogP contribution in [0.25, 0.3) is 11.2 Å². The third kappa shape index (κ3) is 4.13. The topological polar surface area (TPSA) is 85.2 Å². The Bertz CT molecular complexity index is 1090. The number of imidazole rings is 1. The molecule has 0 spiro atoms. The van der Waals surface area contributed by atoms with Gasteiger partial charge in [0.2, 0.25) is 5.91 Å². The number of fused-ring (bicyclic) bond motifs is 3. The number of hydrogen-bond donors (Lipinski definition) is 1. The number of hydrogen-bond acceptors (Lipinski definition) is 6. The van der Waals surface area contributed by atoms with Crippen molar-refractivity contribution in [1.29, 1.82) is 0 Å². The normalized spacial score (nSPS) is 18.8. The minimum Gasteiger partial charge on any atom is -0.494 e. The summed E-state index contributed by atoms with van der Waals surface area (Å²) in [5.74, 6) is 2.72. The first-order chi connectivity index (χ1) is 15.7. The van der Waals surface area contributed by atoms with Gasteiger partial charge in [0, 0.05) is 31.7 Å². The van der Waals surface area contributed by atoms with Crippen molar-refractivity contribution >= 4 is 28.6 Å². The zero-order valence-electron chi connectivity index (χ0n) is 18.6. The maximum Gasteiger partial charge on any atom is 0.229 e. The molecule has 0 bridgehead atoms. The van der Waals surface area contributed by atoms with Crippen LogP contribution >= 0.6 is 0 Å². The smallest absolute Gasteiger partial charge is 0.229 e. The van der Waals surface area contributed by atoms with Crippen LogP contribution in [0, 0.1) is 5.92 Å². The quantitative estimate of drug-likeness (QED) is 0.657. The molecule has 2 aliphatic heterocycles. The van der Waals surface area contributed by atoms with Gasteiger partial charge in [-0.25, -0.2) is 15.0 Å². The van der Waals surface area contributed by atoms with E-state index in [0.29, 0.717) is 13.2 Å². The van der Waals surface area contributed by atoms with Gasteiger partial charge < -0.3 is 19.5 Å². The van der Waals surface area contributed by atoms with Gasteiger partial charge in [0.1, 0.15) is 17.9 Å². The predicted molar refractivity (Wildman–Crippen MR) is 124 cm³/mol. The van der Waals surface area contributed by atoms with Gasteiger partial charge >= 0.3 is 0 Å². The van der Waals surface area contributed by atoms with Gasteiger partial charge in [-0.3, -0.25) is 4.79 Å². The highest BCUT2D eigenvalue weighted by Gasteiger charge is 2.29. The zero-order valence-corrected chi connectivity index (χ0v) is 18.6. The van der Waals surface area contributed by atoms with E-state index in [0.717, 1.165) is 73.0 Å². The maximum atomic E-state index is 13.0. The largest absolute Gasteiger partial charge is 0.494 e. The van der Waals surface area contributed by atoms with E-state index in [2.05, 4.69) is 24.8 Å². The average Bonchev–Trinajstić information content (AvgIpc) is 3.01. The Hall–Kier alpha value is -3.16. The van der Waals surface area contributed by atoms with Gasteiger partial charge in [0.25, 0.3) is 0 Å². The maximum absolute atomic E-state index is 13.0. The summed E-state index contributed by atoms with van der Waals surface area (Å²) in [4.78, 5) is 29.3. The number of amides is 1. The van der Waals surface area contributed by atoms with Crippen LogP contribution in [0.5, 0.6) is 5.75 Å². The molecule has 1 aromatic carbocycles. The van der Waals surface area contributed by atoms with Gasteiger partial charge in [-0.2, -0.15) is 0 Å². The van der Waals surface area contributed by atoms with Crippen LogP contribution in [-0.4, -0.2) is 45.1 Å². The second kappa shape index (κ2) is 9.14. The molecular formula is C24H30N6O2. The van der Waals surface area contributed by atoms with Crippen molar-refractivity contribution in [3.05, 3.63) is 36.4 Å². The number of ether oxygens (including phenoxy) is 1. The van der Waals surface area contributed by atoms with Gasteiger partial charge in [-0.05, 0) is 56.9 Å². The fourth-order valence-electron chi connectivity index (χ4n) is 4.79. The summed E-state index contributed by atoms with van der Waals surface area (Å²) in [5.41, 5.74) is 2.59. The number of anilines is 2. The van der Waals surface area contributed by atoms with Crippen LogP contribution in [0.4, 0.5) is 11.5 Å². The minimum absolute atomic E-state index is 0.0461. The highest BCUT2D eigenvalue weighted by molar-refractivity contribution is 5.93. The van der Waals surface area contributed by atoms with E-state index in [1.54, 1.807) is 6.33 Å². The van der Waals surface area contributed by atoms with E-state index >= 15 is 0 Å². The Morgan fingerprint density at radius 1 is 1.12 bits per heavy atom. The summed E-state index contributed by atoms with van der Waals surface area (Å²) in [7, 11) is 0. The first kappa shape index (κ1) is 20.7. The van der Waals surface area contributed by atoms with E-state index in [4.69, 9.17) is 9.72 Å². The third-order valence-corrected chi connectivity index (χ3v) is 6.40. The van der Waals surface area contributed by atoms with Crippen molar-refractivity contribution in [2.45, 2.75) is 52.0 Å². The number of rotatable bonds is 5. The highest BCUT2D eigenvalue weighted by atomic mass is 16.5. The van der Waals surface area contributed by atoms with Gasteiger partial charge in [0.05, 0.1) is 12.5 Å². The Morgan fingerprint density at radius 3 is 2.84 bits per heavy atom. The number of aromatic nitrogens is 4. The minimum atomic E-state index is -0.0965. The molecule has 5 rings (SSSR count). The molecule has 0 unspecified atom stereocenters. The molecule has 0 aliphatic carbocycles. The number of nitrogens with zero attached hydrogens (tertiary/aromatic N) is 5. The molecule has 1 amide bonds. The van der Waals surface area contributed by atoms with E-state index in [-0.39, 0.29) is 11.8 Å². The second-order valence-corrected chi connectivity index (χ2v) is 8.59. The molecule has 8 heteroatoms. The summed E-state index contributed by atoms with van der Waals surface area (Å²) < 4.78 is 7.74. The molecule has 1 atom stereocenters. The van der Waals surface area contributed by atoms with Crippen LogP contribution in [0.15, 0.2) is 30.6 Å². The van der Waals surface area contributed by atoms with Crippen molar-refractivity contribution in [3.8, 4) is 5.75 Å². The second-order valence-electron chi connectivity index (χ2n) is 8.59. The first-order valence-electron chi connectivity index (χ1n) is 11.7. The summed E-state index contributed by atoms with van der Waals surface area (Å²) >= 11 is 0. The Morgan fingerprint density at radius 2 is 2.00 bits per heavy atom. The number of aryl methyl sites for hydroxylation is 2. The van der Waals surface area contributed by atoms with Crippen molar-refractivity contribution in [1.82, 2.24) is 19.5 Å². The third-order valence-electron chi connectivity index (χ3n) is 6.40. The van der Waals surface area contributed by atoms with Gasteiger partial charge in [-0.1, -0.05) is 6.42 Å². The molecule has 32 heavy (non-hydrogen) atoms. The van der Waals surface area contributed by atoms with Gasteiger partial charge in [0.15, 0.2) is 17.0 Å². The van der Waals surface area contributed by atoms with E-state index < -0.39 is 0 Å². The Labute approximate surface area is 188 Å². The molecule has 1 N–H and O–H groups in total. The van der Waals surface area contributed by atoms with Crippen LogP contribution < -0.4 is 15.0 Å². The van der Waals surface area contributed by atoms with Gasteiger partial charge in [-0.15, -0.1) is 0 Å². The van der Waals surface area contributed by atoms with Crippen molar-refractivity contribution in [2.24, 2.45) is 5.92 Å². The number of benzene rings is 1. The van der Waals surface area contributed by atoms with Crippen LogP contribution in [0.2, 0.25) is 0 Å². The van der Waals surface area contributed by atoms with Crippen LogP contribution in [-0.2, 0) is 17.8 Å². The first-order valence-corrected chi connectivity index (χ1v) is 11.7. The van der Waals surface area contributed by atoms with Crippen LogP contribution in [0.1, 0.15) is 44.9 Å². The number of carbonyl (C=O) groups excluding carboxylic acids is 1. The lowest BCUT2D eigenvalue weighted by molar-refractivity contribution is -0.120. The average molecular weight is 435 g/mol. The molecule has 3 aromatic rings. The standard InChI is InChI=1S/C24H30N6O2/c1-2-32-19-11-9-18(10-12-19)27-24(31)17-7-6-13-29(15-17)22-21-23(26-16-25-22)30-14-5-3-4-8-20(30)28-21/h9-12,16-17H,2-8,13-15H2,1H3,(H,27,31)/t17-/m1/s1. The Kier molecular flexibility index (Phi) is 5.92. The SMILES string of the molecule is CCOc1ccc(NC(=O)[C@@H]2CCCN(c3ncnc4c3nc3n4CCCCC3)C2)cc1.